The number of anilines is 1. The number of fused-ring (bicyclic) bond motifs is 1. The minimum Gasteiger partial charge on any atom is -0.486 e. The third-order valence-corrected chi connectivity index (χ3v) is 4.85. The second-order valence-electron chi connectivity index (χ2n) is 5.15. The van der Waals surface area contributed by atoms with Gasteiger partial charge in [-0.1, -0.05) is 35.3 Å². The van der Waals surface area contributed by atoms with Crippen molar-refractivity contribution in [3.8, 4) is 11.5 Å². The number of rotatable bonds is 5. The first-order chi connectivity index (χ1) is 11.6. The Kier molecular flexibility index (Phi) is 5.76. The molecule has 1 heterocycles. The van der Waals surface area contributed by atoms with Crippen LogP contribution in [0.1, 0.15) is 5.56 Å². The highest BCUT2D eigenvalue weighted by Crippen LogP contribution is 2.38. The van der Waals surface area contributed by atoms with E-state index < -0.39 is 0 Å². The lowest BCUT2D eigenvalue weighted by molar-refractivity contribution is -0.113. The fourth-order valence-electron chi connectivity index (χ4n) is 2.23. The monoisotopic (exact) mass is 383 g/mol. The van der Waals surface area contributed by atoms with Gasteiger partial charge in [-0.05, 0) is 17.7 Å². The Balaban J connectivity index is 1.55. The number of nitrogens with one attached hydrogen (secondary N) is 1. The summed E-state index contributed by atoms with van der Waals surface area (Å²) >= 11 is 13.6. The van der Waals surface area contributed by atoms with Crippen molar-refractivity contribution in [1.29, 1.82) is 0 Å². The fraction of sp³-hybridized carbons (Fsp3) is 0.235. The molecule has 2 aromatic carbocycles. The van der Waals surface area contributed by atoms with Crippen LogP contribution in [0.15, 0.2) is 36.4 Å². The van der Waals surface area contributed by atoms with Crippen LogP contribution in [0.3, 0.4) is 0 Å². The second kappa shape index (κ2) is 8.01. The number of carbonyl (C=O) groups excluding carboxylic acids is 1. The number of amides is 1. The van der Waals surface area contributed by atoms with Crippen LogP contribution in [0.2, 0.25) is 10.0 Å². The van der Waals surface area contributed by atoms with Crippen LogP contribution in [0.5, 0.6) is 11.5 Å². The summed E-state index contributed by atoms with van der Waals surface area (Å²) in [5.41, 5.74) is 1.60. The van der Waals surface area contributed by atoms with Gasteiger partial charge in [0.05, 0.1) is 16.5 Å². The molecule has 4 nitrogen and oxygen atoms in total. The third-order valence-electron chi connectivity index (χ3n) is 3.30. The highest BCUT2D eigenvalue weighted by molar-refractivity contribution is 7.99. The van der Waals surface area contributed by atoms with Crippen molar-refractivity contribution in [2.75, 3.05) is 24.3 Å². The second-order valence-corrected chi connectivity index (χ2v) is 6.98. The zero-order valence-electron chi connectivity index (χ0n) is 12.7. The average Bonchev–Trinajstić information content (AvgIpc) is 2.55. The van der Waals surface area contributed by atoms with E-state index in [4.69, 9.17) is 32.7 Å². The van der Waals surface area contributed by atoms with Crippen LogP contribution in [-0.2, 0) is 10.5 Å². The molecule has 0 saturated carbocycles. The Labute approximate surface area is 154 Å². The predicted octanol–water partition coefficient (Wildman–Crippen LogP) is 4.64. The maximum absolute atomic E-state index is 12.1. The van der Waals surface area contributed by atoms with Gasteiger partial charge < -0.3 is 14.8 Å². The molecular formula is C17H15Cl2NO3S. The zero-order valence-corrected chi connectivity index (χ0v) is 15.0. The van der Waals surface area contributed by atoms with Crippen LogP contribution in [-0.4, -0.2) is 24.9 Å². The van der Waals surface area contributed by atoms with Gasteiger partial charge in [-0.15, -0.1) is 11.8 Å². The van der Waals surface area contributed by atoms with Crippen LogP contribution in [0.4, 0.5) is 5.69 Å². The molecule has 0 saturated heterocycles. The number of benzene rings is 2. The molecule has 0 bridgehead atoms. The minimum atomic E-state index is -0.124. The van der Waals surface area contributed by atoms with Crippen LogP contribution < -0.4 is 14.8 Å². The highest BCUT2D eigenvalue weighted by atomic mass is 35.5. The number of hydrogen-bond acceptors (Lipinski definition) is 4. The molecule has 1 aliphatic heterocycles. The lowest BCUT2D eigenvalue weighted by atomic mass is 10.2. The fourth-order valence-corrected chi connectivity index (χ4v) is 3.42. The van der Waals surface area contributed by atoms with Crippen molar-refractivity contribution in [1.82, 2.24) is 0 Å². The molecule has 126 valence electrons. The molecule has 0 spiro atoms. The van der Waals surface area contributed by atoms with Gasteiger partial charge in [0.1, 0.15) is 13.2 Å². The molecule has 1 N–H and O–H groups in total. The molecule has 1 amide bonds. The minimum absolute atomic E-state index is 0.124. The number of ether oxygens (including phenoxy) is 2. The largest absolute Gasteiger partial charge is 0.486 e. The molecule has 3 rings (SSSR count). The number of thioether (sulfide) groups is 1. The van der Waals surface area contributed by atoms with E-state index in [0.717, 1.165) is 5.56 Å². The maximum atomic E-state index is 12.1. The molecule has 0 radical (unpaired) electrons. The van der Waals surface area contributed by atoms with Crippen molar-refractivity contribution in [2.24, 2.45) is 0 Å². The van der Waals surface area contributed by atoms with Gasteiger partial charge in [0.2, 0.25) is 5.91 Å². The van der Waals surface area contributed by atoms with E-state index in [2.05, 4.69) is 5.32 Å². The Morgan fingerprint density at radius 2 is 1.88 bits per heavy atom. The van der Waals surface area contributed by atoms with Crippen molar-refractivity contribution in [3.63, 3.8) is 0 Å². The average molecular weight is 384 g/mol. The van der Waals surface area contributed by atoms with Gasteiger partial charge in [0, 0.05) is 22.9 Å². The molecule has 1 aliphatic rings. The van der Waals surface area contributed by atoms with E-state index in [9.17, 15) is 4.79 Å². The predicted molar refractivity (Wildman–Crippen MR) is 98.7 cm³/mol. The molecule has 24 heavy (non-hydrogen) atoms. The lowest BCUT2D eigenvalue weighted by Gasteiger charge is -2.20. The molecule has 2 aromatic rings. The molecule has 0 fully saturated rings. The van der Waals surface area contributed by atoms with Crippen LogP contribution in [0, 0.1) is 0 Å². The van der Waals surface area contributed by atoms with Gasteiger partial charge in [-0.2, -0.15) is 0 Å². The summed E-state index contributed by atoms with van der Waals surface area (Å²) < 4.78 is 10.9. The van der Waals surface area contributed by atoms with E-state index in [1.165, 1.54) is 11.8 Å². The van der Waals surface area contributed by atoms with Gasteiger partial charge >= 0.3 is 0 Å². The van der Waals surface area contributed by atoms with Crippen molar-refractivity contribution in [3.05, 3.63) is 52.0 Å². The topological polar surface area (TPSA) is 47.6 Å². The number of halogens is 2. The molecule has 0 aromatic heterocycles. The summed E-state index contributed by atoms with van der Waals surface area (Å²) in [4.78, 5) is 12.1. The first-order valence-corrected chi connectivity index (χ1v) is 9.24. The maximum Gasteiger partial charge on any atom is 0.234 e. The Morgan fingerprint density at radius 1 is 1.12 bits per heavy atom. The van der Waals surface area contributed by atoms with Crippen molar-refractivity contribution < 1.29 is 14.3 Å². The summed E-state index contributed by atoms with van der Waals surface area (Å²) in [5, 5.41) is 3.92. The van der Waals surface area contributed by atoms with Crippen LogP contribution >= 0.6 is 35.0 Å². The normalized spacial score (nSPS) is 12.8. The van der Waals surface area contributed by atoms with Gasteiger partial charge in [0.25, 0.3) is 0 Å². The lowest BCUT2D eigenvalue weighted by Crippen LogP contribution is -2.17. The van der Waals surface area contributed by atoms with E-state index in [-0.39, 0.29) is 5.91 Å². The van der Waals surface area contributed by atoms with Gasteiger partial charge in [-0.3, -0.25) is 4.79 Å². The standard InChI is InChI=1S/C17H15Cl2NO3S/c18-12-3-1-2-11(6-12)9-24-10-17(21)20-14-8-16-15(7-13(14)19)22-4-5-23-16/h1-3,6-8H,4-5,9-10H2,(H,20,21). The number of carbonyl (C=O) groups is 1. The quantitative estimate of drug-likeness (QED) is 0.816. The zero-order chi connectivity index (χ0) is 16.9. The van der Waals surface area contributed by atoms with Crippen molar-refractivity contribution >= 4 is 46.6 Å². The molecule has 0 unspecified atom stereocenters. The van der Waals surface area contributed by atoms with Gasteiger partial charge in [0.15, 0.2) is 11.5 Å². The van der Waals surface area contributed by atoms with E-state index in [1.807, 2.05) is 24.3 Å². The highest BCUT2D eigenvalue weighted by Gasteiger charge is 2.16. The Bertz CT molecular complexity index is 755. The summed E-state index contributed by atoms with van der Waals surface area (Å²) in [6, 6.07) is 10.9. The summed E-state index contributed by atoms with van der Waals surface area (Å²) in [5.74, 6) is 2.09. The smallest absolute Gasteiger partial charge is 0.234 e. The first kappa shape index (κ1) is 17.3. The SMILES string of the molecule is O=C(CSCc1cccc(Cl)c1)Nc1cc2c(cc1Cl)OCCO2. The summed E-state index contributed by atoms with van der Waals surface area (Å²) in [6.07, 6.45) is 0. The number of hydrogen-bond donors (Lipinski definition) is 1. The van der Waals surface area contributed by atoms with E-state index in [0.29, 0.717) is 52.0 Å². The molecule has 0 aliphatic carbocycles. The summed E-state index contributed by atoms with van der Waals surface area (Å²) in [7, 11) is 0. The van der Waals surface area contributed by atoms with Crippen molar-refractivity contribution in [2.45, 2.75) is 5.75 Å². The summed E-state index contributed by atoms with van der Waals surface area (Å²) in [6.45, 7) is 0.979. The molecule has 0 atom stereocenters. The molecular weight excluding hydrogens is 369 g/mol. The van der Waals surface area contributed by atoms with Gasteiger partial charge in [-0.25, -0.2) is 0 Å². The third kappa shape index (κ3) is 4.50. The Morgan fingerprint density at radius 3 is 2.62 bits per heavy atom. The van der Waals surface area contributed by atoms with E-state index in [1.54, 1.807) is 12.1 Å². The molecule has 7 heteroatoms. The first-order valence-electron chi connectivity index (χ1n) is 7.33. The Hall–Kier alpha value is -1.56. The van der Waals surface area contributed by atoms with Crippen LogP contribution in [0.25, 0.3) is 0 Å². The van der Waals surface area contributed by atoms with E-state index >= 15 is 0 Å².